The van der Waals surface area contributed by atoms with Crippen LogP contribution in [0.1, 0.15) is 36.8 Å². The molecule has 1 aliphatic rings. The molecule has 2 N–H and O–H groups in total. The summed E-state index contributed by atoms with van der Waals surface area (Å²) in [4.78, 5) is 16.2. The van der Waals surface area contributed by atoms with E-state index in [9.17, 15) is 12.8 Å². The number of sulfonamides is 1. The molecule has 5 rings (SSSR count). The SMILES string of the molecule is COCc1cc(-c2ccc(NS(=O)(=O)Cc3ccc(F)cc3)c(F)c2)nc2cnc(NC3CCC(N(C)C)CC3)nc12. The fourth-order valence-corrected chi connectivity index (χ4v) is 6.46. The average Bonchev–Trinajstić information content (AvgIpc) is 2.95. The van der Waals surface area contributed by atoms with Gasteiger partial charge in [0, 0.05) is 30.3 Å². The second kappa shape index (κ2) is 12.6. The molecule has 12 heteroatoms. The first-order chi connectivity index (χ1) is 20.1. The Hall–Kier alpha value is -3.74. The lowest BCUT2D eigenvalue weighted by molar-refractivity contribution is 0.186. The monoisotopic (exact) mass is 596 g/mol. The number of ether oxygens (including phenoxy) is 1. The van der Waals surface area contributed by atoms with E-state index in [1.165, 1.54) is 36.4 Å². The van der Waals surface area contributed by atoms with E-state index in [0.717, 1.165) is 31.2 Å². The van der Waals surface area contributed by atoms with E-state index >= 15 is 4.39 Å². The van der Waals surface area contributed by atoms with Gasteiger partial charge in [0.1, 0.15) is 17.2 Å². The zero-order chi connectivity index (χ0) is 29.9. The molecular formula is C30H34F2N6O3S. The Kier molecular flexibility index (Phi) is 8.95. The quantitative estimate of drug-likeness (QED) is 0.253. The Morgan fingerprint density at radius 1 is 1.00 bits per heavy atom. The molecular weight excluding hydrogens is 562 g/mol. The van der Waals surface area contributed by atoms with E-state index in [2.05, 4.69) is 39.0 Å². The highest BCUT2D eigenvalue weighted by Gasteiger charge is 2.23. The van der Waals surface area contributed by atoms with Crippen LogP contribution in [0.4, 0.5) is 20.4 Å². The number of pyridine rings is 1. The molecule has 0 amide bonds. The zero-order valence-corrected chi connectivity index (χ0v) is 24.6. The number of aromatic nitrogens is 3. The van der Waals surface area contributed by atoms with E-state index in [4.69, 9.17) is 9.72 Å². The summed E-state index contributed by atoms with van der Waals surface area (Å²) >= 11 is 0. The van der Waals surface area contributed by atoms with Crippen LogP contribution < -0.4 is 10.0 Å². The summed E-state index contributed by atoms with van der Waals surface area (Å²) in [7, 11) is 1.88. The van der Waals surface area contributed by atoms with Gasteiger partial charge in [-0.2, -0.15) is 0 Å². The molecule has 0 radical (unpaired) electrons. The van der Waals surface area contributed by atoms with Crippen LogP contribution in [0.25, 0.3) is 22.3 Å². The number of methoxy groups -OCH3 is 1. The fourth-order valence-electron chi connectivity index (χ4n) is 5.25. The van der Waals surface area contributed by atoms with Gasteiger partial charge < -0.3 is 15.0 Å². The number of nitrogens with zero attached hydrogens (tertiary/aromatic N) is 4. The van der Waals surface area contributed by atoms with Crippen LogP contribution in [-0.4, -0.2) is 61.6 Å². The van der Waals surface area contributed by atoms with Crippen molar-refractivity contribution in [2.75, 3.05) is 31.2 Å². The van der Waals surface area contributed by atoms with Crippen molar-refractivity contribution in [1.82, 2.24) is 19.9 Å². The predicted octanol–water partition coefficient (Wildman–Crippen LogP) is 5.34. The Morgan fingerprint density at radius 3 is 2.40 bits per heavy atom. The molecule has 1 fully saturated rings. The van der Waals surface area contributed by atoms with E-state index in [-0.39, 0.29) is 12.3 Å². The van der Waals surface area contributed by atoms with Crippen molar-refractivity contribution < 1.29 is 21.9 Å². The molecule has 4 aromatic rings. The van der Waals surface area contributed by atoms with Gasteiger partial charge in [0.15, 0.2) is 0 Å². The summed E-state index contributed by atoms with van der Waals surface area (Å²) in [6.07, 6.45) is 5.95. The normalized spacial score (nSPS) is 17.5. The van der Waals surface area contributed by atoms with E-state index in [1.54, 1.807) is 25.4 Å². The molecule has 0 spiro atoms. The standard InChI is InChI=1S/C30H34F2N6O3S/c1-38(2)24-11-9-23(10-12-24)34-30-33-16-28-29(36-30)21(17-41-3)15-27(35-28)20-6-13-26(25(32)14-20)37-42(39,40)18-19-4-7-22(31)8-5-19/h4-8,13-16,23-24,37H,9-12,17-18H2,1-3H3,(H,33,34,36). The highest BCUT2D eigenvalue weighted by Crippen LogP contribution is 2.29. The number of benzene rings is 2. The molecule has 2 heterocycles. The Morgan fingerprint density at radius 2 is 1.74 bits per heavy atom. The van der Waals surface area contributed by atoms with Crippen LogP contribution in [-0.2, 0) is 27.1 Å². The minimum Gasteiger partial charge on any atom is -0.380 e. The van der Waals surface area contributed by atoms with Gasteiger partial charge in [-0.3, -0.25) is 4.72 Å². The first-order valence-electron chi connectivity index (χ1n) is 13.7. The molecule has 0 unspecified atom stereocenters. The van der Waals surface area contributed by atoms with Crippen molar-refractivity contribution in [3.8, 4) is 11.3 Å². The number of hydrogen-bond donors (Lipinski definition) is 2. The van der Waals surface area contributed by atoms with Gasteiger partial charge in [0.05, 0.1) is 35.5 Å². The Labute approximate surface area is 244 Å². The third kappa shape index (κ3) is 7.18. The molecule has 0 bridgehead atoms. The third-order valence-corrected chi connectivity index (χ3v) is 8.73. The smallest absolute Gasteiger partial charge is 0.237 e. The lowest BCUT2D eigenvalue weighted by Gasteiger charge is -2.32. The maximum absolute atomic E-state index is 15.1. The van der Waals surface area contributed by atoms with Crippen LogP contribution in [0.15, 0.2) is 54.7 Å². The first kappa shape index (κ1) is 29.7. The van der Waals surface area contributed by atoms with Gasteiger partial charge in [-0.05, 0) is 75.7 Å². The van der Waals surface area contributed by atoms with Crippen molar-refractivity contribution in [3.63, 3.8) is 0 Å². The van der Waals surface area contributed by atoms with Crippen LogP contribution in [0, 0.1) is 11.6 Å². The molecule has 0 saturated heterocycles. The molecule has 2 aromatic heterocycles. The molecule has 0 atom stereocenters. The molecule has 42 heavy (non-hydrogen) atoms. The van der Waals surface area contributed by atoms with Crippen molar-refractivity contribution >= 4 is 32.7 Å². The number of hydrogen-bond acceptors (Lipinski definition) is 8. The second-order valence-electron chi connectivity index (χ2n) is 10.8. The highest BCUT2D eigenvalue weighted by atomic mass is 32.2. The van der Waals surface area contributed by atoms with Crippen LogP contribution in [0.2, 0.25) is 0 Å². The van der Waals surface area contributed by atoms with Crippen LogP contribution in [0.5, 0.6) is 0 Å². The summed E-state index contributed by atoms with van der Waals surface area (Å²) in [5.41, 5.74) is 3.05. The number of anilines is 2. The zero-order valence-electron chi connectivity index (χ0n) is 23.8. The Bertz CT molecular complexity index is 1660. The van der Waals surface area contributed by atoms with Gasteiger partial charge in [0.25, 0.3) is 0 Å². The number of rotatable bonds is 10. The van der Waals surface area contributed by atoms with Crippen molar-refractivity contribution in [3.05, 3.63) is 77.5 Å². The largest absolute Gasteiger partial charge is 0.380 e. The molecule has 1 aliphatic carbocycles. The minimum absolute atomic E-state index is 0.197. The average molecular weight is 597 g/mol. The topological polar surface area (TPSA) is 109 Å². The molecule has 222 valence electrons. The second-order valence-corrected chi connectivity index (χ2v) is 12.5. The highest BCUT2D eigenvalue weighted by molar-refractivity contribution is 7.91. The van der Waals surface area contributed by atoms with Gasteiger partial charge >= 0.3 is 0 Å². The minimum atomic E-state index is -3.93. The van der Waals surface area contributed by atoms with E-state index < -0.39 is 27.4 Å². The summed E-state index contributed by atoms with van der Waals surface area (Å²) in [6, 6.07) is 11.9. The van der Waals surface area contributed by atoms with Crippen molar-refractivity contribution in [1.29, 1.82) is 0 Å². The lowest BCUT2D eigenvalue weighted by Crippen LogP contribution is -2.36. The van der Waals surface area contributed by atoms with E-state index in [0.29, 0.717) is 45.9 Å². The summed E-state index contributed by atoms with van der Waals surface area (Å²) in [5.74, 6) is -1.12. The maximum Gasteiger partial charge on any atom is 0.237 e. The van der Waals surface area contributed by atoms with E-state index in [1.807, 2.05) is 0 Å². The van der Waals surface area contributed by atoms with Crippen molar-refractivity contribution in [2.45, 2.75) is 50.1 Å². The van der Waals surface area contributed by atoms with Crippen molar-refractivity contribution in [2.24, 2.45) is 0 Å². The number of nitrogens with one attached hydrogen (secondary N) is 2. The Balaban J connectivity index is 1.35. The van der Waals surface area contributed by atoms with Gasteiger partial charge in [-0.1, -0.05) is 18.2 Å². The predicted molar refractivity (Wildman–Crippen MR) is 159 cm³/mol. The van der Waals surface area contributed by atoms with Gasteiger partial charge in [-0.25, -0.2) is 32.2 Å². The first-order valence-corrected chi connectivity index (χ1v) is 15.4. The lowest BCUT2D eigenvalue weighted by atomic mass is 9.91. The van der Waals surface area contributed by atoms with Gasteiger partial charge in [-0.15, -0.1) is 0 Å². The fraction of sp³-hybridized carbons (Fsp3) is 0.367. The molecule has 0 aliphatic heterocycles. The maximum atomic E-state index is 15.1. The number of fused-ring (bicyclic) bond motifs is 1. The molecule has 2 aromatic carbocycles. The summed E-state index contributed by atoms with van der Waals surface area (Å²) in [6.45, 7) is 0.264. The third-order valence-electron chi connectivity index (χ3n) is 7.49. The van der Waals surface area contributed by atoms with Crippen LogP contribution >= 0.6 is 0 Å². The summed E-state index contributed by atoms with van der Waals surface area (Å²) < 4.78 is 61.1. The molecule has 9 nitrogen and oxygen atoms in total. The van der Waals surface area contributed by atoms with Crippen LogP contribution in [0.3, 0.4) is 0 Å². The molecule has 1 saturated carbocycles. The van der Waals surface area contributed by atoms with Gasteiger partial charge in [0.2, 0.25) is 16.0 Å². The summed E-state index contributed by atoms with van der Waals surface area (Å²) in [5, 5.41) is 3.47. The number of halogens is 2.